The lowest BCUT2D eigenvalue weighted by molar-refractivity contribution is -0.291. The number of hydrogen-bond donors (Lipinski definition) is 1. The van der Waals surface area contributed by atoms with Crippen molar-refractivity contribution in [3.63, 3.8) is 0 Å². The molecule has 3 aliphatic rings. The van der Waals surface area contributed by atoms with E-state index in [1.165, 1.54) is 4.90 Å². The van der Waals surface area contributed by atoms with Gasteiger partial charge in [0.05, 0.1) is 13.2 Å². The second-order valence-electron chi connectivity index (χ2n) is 8.44. The Morgan fingerprint density at radius 3 is 2.40 bits per heavy atom. The van der Waals surface area contributed by atoms with Gasteiger partial charge in [-0.3, -0.25) is 9.69 Å². The number of fused-ring (bicyclic) bond motifs is 1. The van der Waals surface area contributed by atoms with Crippen molar-refractivity contribution in [2.75, 3.05) is 12.0 Å². The van der Waals surface area contributed by atoms with Crippen LogP contribution in [0.2, 0.25) is 0 Å². The van der Waals surface area contributed by atoms with Gasteiger partial charge in [0.25, 0.3) is 5.91 Å². The summed E-state index contributed by atoms with van der Waals surface area (Å²) >= 11 is 0. The number of rotatable bonds is 4. The minimum atomic E-state index is -1.13. The average Bonchev–Trinajstić information content (AvgIpc) is 3.06. The first-order valence-electron chi connectivity index (χ1n) is 9.92. The van der Waals surface area contributed by atoms with Crippen LogP contribution in [0.3, 0.4) is 0 Å². The fraction of sp³-hybridized carbons (Fsp3) is 0.591. The van der Waals surface area contributed by atoms with E-state index in [1.54, 1.807) is 52.1 Å². The second kappa shape index (κ2) is 7.22. The molecule has 0 radical (unpaired) electrons. The second-order valence-corrected chi connectivity index (χ2v) is 8.44. The lowest BCUT2D eigenvalue weighted by Gasteiger charge is -2.53. The molecule has 3 saturated heterocycles. The zero-order chi connectivity index (χ0) is 21.8. The van der Waals surface area contributed by atoms with Gasteiger partial charge < -0.3 is 28.8 Å². The van der Waals surface area contributed by atoms with Crippen LogP contribution in [-0.4, -0.2) is 66.3 Å². The number of terminal acetylenes is 1. The van der Waals surface area contributed by atoms with E-state index in [9.17, 15) is 9.90 Å². The fourth-order valence-corrected chi connectivity index (χ4v) is 4.31. The van der Waals surface area contributed by atoms with E-state index in [0.29, 0.717) is 11.4 Å². The fourth-order valence-electron chi connectivity index (χ4n) is 4.31. The molecule has 8 nitrogen and oxygen atoms in total. The number of ether oxygens (including phenoxy) is 5. The molecule has 1 aromatic carbocycles. The number of benzene rings is 1. The van der Waals surface area contributed by atoms with Crippen molar-refractivity contribution in [2.24, 2.45) is 0 Å². The SMILES string of the molecule is C#C[C@]1(C)[C@@H](O[C@H]2O[C@@H](C)[C@H]3OC(C)(C)O[C@H]3[C@@H]2O)C(=O)N1c1ccc(OC)cc1. The van der Waals surface area contributed by atoms with E-state index in [-0.39, 0.29) is 5.91 Å². The summed E-state index contributed by atoms with van der Waals surface area (Å²) in [6.07, 6.45) is 1.18. The number of aliphatic hydroxyl groups excluding tert-OH is 1. The van der Waals surface area contributed by atoms with E-state index >= 15 is 0 Å². The average molecular weight is 417 g/mol. The summed E-state index contributed by atoms with van der Waals surface area (Å²) < 4.78 is 28.6. The third kappa shape index (κ3) is 3.18. The first kappa shape index (κ1) is 21.1. The summed E-state index contributed by atoms with van der Waals surface area (Å²) in [7, 11) is 1.57. The van der Waals surface area contributed by atoms with E-state index in [4.69, 9.17) is 30.1 Å². The first-order chi connectivity index (χ1) is 14.1. The monoisotopic (exact) mass is 417 g/mol. The summed E-state index contributed by atoms with van der Waals surface area (Å²) in [4.78, 5) is 14.5. The minimum Gasteiger partial charge on any atom is -0.497 e. The summed E-state index contributed by atoms with van der Waals surface area (Å²) in [5.41, 5.74) is -0.407. The van der Waals surface area contributed by atoms with Gasteiger partial charge in [0, 0.05) is 5.69 Å². The number of anilines is 1. The third-order valence-corrected chi connectivity index (χ3v) is 5.90. The molecule has 4 rings (SSSR count). The number of carbonyl (C=O) groups excluding carboxylic acids is 1. The smallest absolute Gasteiger partial charge is 0.261 e. The number of amides is 1. The number of hydrogen-bond acceptors (Lipinski definition) is 7. The largest absolute Gasteiger partial charge is 0.497 e. The molecule has 0 saturated carbocycles. The number of aliphatic hydroxyl groups is 1. The molecule has 0 unspecified atom stereocenters. The van der Waals surface area contributed by atoms with Crippen LogP contribution in [0.15, 0.2) is 24.3 Å². The number of methoxy groups -OCH3 is 1. The number of carbonyl (C=O) groups is 1. The molecule has 0 aromatic heterocycles. The molecule has 3 aliphatic heterocycles. The quantitative estimate of drug-likeness (QED) is 0.586. The van der Waals surface area contributed by atoms with Crippen molar-refractivity contribution in [2.45, 2.75) is 75.8 Å². The Labute approximate surface area is 176 Å². The summed E-state index contributed by atoms with van der Waals surface area (Å²) in [5.74, 6) is 2.19. The molecule has 0 spiro atoms. The minimum absolute atomic E-state index is 0.310. The Morgan fingerprint density at radius 1 is 1.17 bits per heavy atom. The highest BCUT2D eigenvalue weighted by atomic mass is 16.8. The van der Waals surface area contributed by atoms with Crippen LogP contribution in [0.25, 0.3) is 0 Å². The Balaban J connectivity index is 1.52. The van der Waals surface area contributed by atoms with Crippen molar-refractivity contribution in [3.05, 3.63) is 24.3 Å². The summed E-state index contributed by atoms with van der Waals surface area (Å²) in [6.45, 7) is 7.11. The van der Waals surface area contributed by atoms with Gasteiger partial charge in [-0.05, 0) is 52.0 Å². The van der Waals surface area contributed by atoms with Crippen molar-refractivity contribution in [3.8, 4) is 18.1 Å². The van der Waals surface area contributed by atoms with Crippen LogP contribution in [0.1, 0.15) is 27.7 Å². The molecular formula is C22H27NO7. The number of β-lactam (4-membered cyclic amide) rings is 1. The predicted octanol–water partition coefficient (Wildman–Crippen LogP) is 1.44. The summed E-state index contributed by atoms with van der Waals surface area (Å²) in [5, 5.41) is 10.8. The highest BCUT2D eigenvalue weighted by molar-refractivity contribution is 6.08. The maximum Gasteiger partial charge on any atom is 0.261 e. The molecular weight excluding hydrogens is 390 g/mol. The Kier molecular flexibility index (Phi) is 5.08. The molecule has 162 valence electrons. The van der Waals surface area contributed by atoms with E-state index in [2.05, 4.69) is 5.92 Å². The molecule has 0 aliphatic carbocycles. The van der Waals surface area contributed by atoms with Gasteiger partial charge in [-0.25, -0.2) is 0 Å². The Bertz CT molecular complexity index is 863. The third-order valence-electron chi connectivity index (χ3n) is 5.90. The van der Waals surface area contributed by atoms with Gasteiger partial charge in [0.1, 0.15) is 29.6 Å². The van der Waals surface area contributed by atoms with Crippen LogP contribution in [0.5, 0.6) is 5.75 Å². The molecule has 30 heavy (non-hydrogen) atoms. The molecule has 3 heterocycles. The predicted molar refractivity (Wildman–Crippen MR) is 107 cm³/mol. The van der Waals surface area contributed by atoms with Crippen LogP contribution < -0.4 is 9.64 Å². The van der Waals surface area contributed by atoms with Gasteiger partial charge in [0.2, 0.25) is 0 Å². The Hall–Kier alpha value is -2.15. The van der Waals surface area contributed by atoms with Crippen molar-refractivity contribution in [1.82, 2.24) is 0 Å². The van der Waals surface area contributed by atoms with Crippen LogP contribution in [0, 0.1) is 12.3 Å². The molecule has 1 N–H and O–H groups in total. The van der Waals surface area contributed by atoms with Gasteiger partial charge in [-0.1, -0.05) is 5.92 Å². The van der Waals surface area contributed by atoms with Crippen LogP contribution >= 0.6 is 0 Å². The van der Waals surface area contributed by atoms with Gasteiger partial charge in [0.15, 0.2) is 18.2 Å². The topological polar surface area (TPSA) is 86.7 Å². The van der Waals surface area contributed by atoms with E-state index in [1.807, 2.05) is 6.92 Å². The van der Waals surface area contributed by atoms with Crippen molar-refractivity contribution < 1.29 is 33.6 Å². The standard InChI is InChI=1S/C22H27NO7/c1-7-22(5)18(19(25)23(22)13-8-10-14(26-6)11-9-13)28-20-15(24)17-16(12(2)27-20)29-21(3,4)30-17/h1,8-12,15-18,20,24H,2-6H3/t12-,15-,16+,17-,18-,20+,22+/m0/s1. The maximum atomic E-state index is 13.0. The normalized spacial score (nSPS) is 39.8. The molecule has 1 aromatic rings. The zero-order valence-corrected chi connectivity index (χ0v) is 17.7. The summed E-state index contributed by atoms with van der Waals surface area (Å²) in [6, 6.07) is 7.02. The lowest BCUT2D eigenvalue weighted by atomic mass is 9.82. The lowest BCUT2D eigenvalue weighted by Crippen LogP contribution is -2.75. The molecule has 0 bridgehead atoms. The van der Waals surface area contributed by atoms with E-state index < -0.39 is 48.1 Å². The van der Waals surface area contributed by atoms with Crippen LogP contribution in [0.4, 0.5) is 5.69 Å². The van der Waals surface area contributed by atoms with Crippen molar-refractivity contribution in [1.29, 1.82) is 0 Å². The molecule has 3 fully saturated rings. The van der Waals surface area contributed by atoms with Crippen molar-refractivity contribution >= 4 is 11.6 Å². The first-order valence-corrected chi connectivity index (χ1v) is 9.92. The van der Waals surface area contributed by atoms with Gasteiger partial charge in [-0.15, -0.1) is 6.42 Å². The van der Waals surface area contributed by atoms with Crippen LogP contribution in [-0.2, 0) is 23.7 Å². The molecule has 7 atom stereocenters. The highest BCUT2D eigenvalue weighted by Gasteiger charge is 2.61. The number of nitrogens with zero attached hydrogens (tertiary/aromatic N) is 1. The van der Waals surface area contributed by atoms with Gasteiger partial charge >= 0.3 is 0 Å². The van der Waals surface area contributed by atoms with E-state index in [0.717, 1.165) is 0 Å². The maximum absolute atomic E-state index is 13.0. The molecule has 8 heteroatoms. The molecule has 1 amide bonds. The van der Waals surface area contributed by atoms with Gasteiger partial charge in [-0.2, -0.15) is 0 Å². The zero-order valence-electron chi connectivity index (χ0n) is 17.7. The highest BCUT2D eigenvalue weighted by Crippen LogP contribution is 2.42. The Morgan fingerprint density at radius 2 is 1.80 bits per heavy atom.